The molecule has 0 saturated heterocycles. The quantitative estimate of drug-likeness (QED) is 0.807. The zero-order chi connectivity index (χ0) is 16.2. The lowest BCUT2D eigenvalue weighted by atomic mass is 10.0. The molecular weight excluding hydrogens is 295 g/mol. The Morgan fingerprint density at radius 1 is 1.09 bits per heavy atom. The summed E-state index contributed by atoms with van der Waals surface area (Å²) in [6.45, 7) is -0.0826. The van der Waals surface area contributed by atoms with E-state index in [4.69, 9.17) is 10.00 Å². The molecule has 0 spiro atoms. The fourth-order valence-corrected chi connectivity index (χ4v) is 1.88. The molecule has 0 N–H and O–H groups in total. The molecule has 6 heteroatoms. The Balaban J connectivity index is 2.25. The van der Waals surface area contributed by atoms with Crippen molar-refractivity contribution in [3.8, 4) is 6.07 Å². The number of halogens is 3. The molecule has 0 heterocycles. The van der Waals surface area contributed by atoms with Gasteiger partial charge in [0, 0.05) is 0 Å². The summed E-state index contributed by atoms with van der Waals surface area (Å²) in [6.07, 6.45) is -4.71. The molecule has 0 fully saturated rings. The zero-order valence-electron chi connectivity index (χ0n) is 11.2. The fourth-order valence-electron chi connectivity index (χ4n) is 1.88. The third-order valence-corrected chi connectivity index (χ3v) is 2.91. The van der Waals surface area contributed by atoms with Crippen molar-refractivity contribution in [1.29, 1.82) is 5.26 Å². The lowest BCUT2D eigenvalue weighted by molar-refractivity contribution is -0.137. The van der Waals surface area contributed by atoms with Crippen LogP contribution in [-0.2, 0) is 17.5 Å². The predicted molar refractivity (Wildman–Crippen MR) is 71.7 cm³/mol. The average Bonchev–Trinajstić information content (AvgIpc) is 2.52. The highest BCUT2D eigenvalue weighted by Gasteiger charge is 2.35. The summed E-state index contributed by atoms with van der Waals surface area (Å²) >= 11 is 0. The van der Waals surface area contributed by atoms with Crippen molar-refractivity contribution in [2.45, 2.75) is 12.8 Å². The number of hydrogen-bond donors (Lipinski definition) is 0. The molecule has 0 bridgehead atoms. The van der Waals surface area contributed by atoms with Crippen LogP contribution in [0.15, 0.2) is 48.5 Å². The van der Waals surface area contributed by atoms with Crippen LogP contribution in [0, 0.1) is 11.3 Å². The van der Waals surface area contributed by atoms with Gasteiger partial charge >= 0.3 is 12.1 Å². The van der Waals surface area contributed by atoms with Crippen LogP contribution >= 0.6 is 0 Å². The van der Waals surface area contributed by atoms with Crippen LogP contribution in [0.4, 0.5) is 13.2 Å². The molecule has 0 amide bonds. The van der Waals surface area contributed by atoms with E-state index in [0.717, 1.165) is 18.2 Å². The van der Waals surface area contributed by atoms with E-state index < -0.39 is 28.8 Å². The van der Waals surface area contributed by atoms with Crippen LogP contribution in [0.1, 0.15) is 27.0 Å². The Bertz CT molecular complexity index is 718. The SMILES string of the molecule is N#Cc1c(C(=O)OCc2ccccc2)cccc1C(F)(F)F. The van der Waals surface area contributed by atoms with Gasteiger partial charge in [-0.15, -0.1) is 0 Å². The number of benzene rings is 2. The van der Waals surface area contributed by atoms with Crippen LogP contribution < -0.4 is 0 Å². The molecule has 112 valence electrons. The number of nitrogens with zero attached hydrogens (tertiary/aromatic N) is 1. The molecule has 0 aliphatic heterocycles. The summed E-state index contributed by atoms with van der Waals surface area (Å²) < 4.78 is 43.4. The number of alkyl halides is 3. The molecule has 0 radical (unpaired) electrons. The van der Waals surface area contributed by atoms with E-state index in [0.29, 0.717) is 5.56 Å². The third kappa shape index (κ3) is 3.44. The topological polar surface area (TPSA) is 50.1 Å². The Morgan fingerprint density at radius 2 is 1.77 bits per heavy atom. The van der Waals surface area contributed by atoms with Crippen molar-refractivity contribution >= 4 is 5.97 Å². The van der Waals surface area contributed by atoms with Gasteiger partial charge in [-0.05, 0) is 17.7 Å². The summed E-state index contributed by atoms with van der Waals surface area (Å²) in [6, 6.07) is 13.1. The zero-order valence-corrected chi connectivity index (χ0v) is 11.2. The highest BCUT2D eigenvalue weighted by atomic mass is 19.4. The Labute approximate surface area is 124 Å². The van der Waals surface area contributed by atoms with E-state index >= 15 is 0 Å². The smallest absolute Gasteiger partial charge is 0.417 e. The Kier molecular flexibility index (Phi) is 4.47. The van der Waals surface area contributed by atoms with Crippen molar-refractivity contribution in [3.05, 3.63) is 70.8 Å². The summed E-state index contributed by atoms with van der Waals surface area (Å²) in [5, 5.41) is 8.94. The maximum atomic E-state index is 12.8. The summed E-state index contributed by atoms with van der Waals surface area (Å²) in [5.74, 6) is -0.966. The van der Waals surface area contributed by atoms with Crippen LogP contribution in [-0.4, -0.2) is 5.97 Å². The number of nitriles is 1. The molecule has 0 saturated carbocycles. The van der Waals surface area contributed by atoms with E-state index in [1.165, 1.54) is 6.07 Å². The van der Waals surface area contributed by atoms with Gasteiger partial charge in [-0.1, -0.05) is 36.4 Å². The van der Waals surface area contributed by atoms with E-state index in [-0.39, 0.29) is 6.61 Å². The highest BCUT2D eigenvalue weighted by molar-refractivity contribution is 5.92. The van der Waals surface area contributed by atoms with Crippen LogP contribution in [0.5, 0.6) is 0 Å². The lowest BCUT2D eigenvalue weighted by Crippen LogP contribution is -2.13. The van der Waals surface area contributed by atoms with Crippen molar-refractivity contribution in [2.24, 2.45) is 0 Å². The van der Waals surface area contributed by atoms with Gasteiger partial charge in [-0.2, -0.15) is 18.4 Å². The van der Waals surface area contributed by atoms with Gasteiger partial charge in [-0.25, -0.2) is 4.79 Å². The molecule has 0 aliphatic carbocycles. The van der Waals surface area contributed by atoms with E-state index in [1.807, 2.05) is 0 Å². The van der Waals surface area contributed by atoms with Gasteiger partial charge in [-0.3, -0.25) is 0 Å². The molecule has 2 aromatic carbocycles. The number of rotatable bonds is 3. The number of carbonyl (C=O) groups is 1. The van der Waals surface area contributed by atoms with Gasteiger partial charge in [0.05, 0.1) is 16.7 Å². The van der Waals surface area contributed by atoms with Crippen LogP contribution in [0.2, 0.25) is 0 Å². The Morgan fingerprint density at radius 3 is 2.36 bits per heavy atom. The summed E-state index contributed by atoms with van der Waals surface area (Å²) in [4.78, 5) is 11.9. The second-order valence-corrected chi connectivity index (χ2v) is 4.40. The Hall–Kier alpha value is -2.81. The van der Waals surface area contributed by atoms with E-state index in [9.17, 15) is 18.0 Å². The number of ether oxygens (including phenoxy) is 1. The van der Waals surface area contributed by atoms with Crippen molar-refractivity contribution < 1.29 is 22.7 Å². The molecule has 2 aromatic rings. The first-order valence-corrected chi connectivity index (χ1v) is 6.25. The minimum Gasteiger partial charge on any atom is -0.457 e. The minimum atomic E-state index is -4.71. The van der Waals surface area contributed by atoms with E-state index in [2.05, 4.69) is 0 Å². The maximum absolute atomic E-state index is 12.8. The molecule has 3 nitrogen and oxygen atoms in total. The standard InChI is InChI=1S/C16H10F3NO2/c17-16(18,19)14-8-4-7-12(13(14)9-20)15(21)22-10-11-5-2-1-3-6-11/h1-8H,10H2. The largest absolute Gasteiger partial charge is 0.457 e. The van der Waals surface area contributed by atoms with E-state index in [1.54, 1.807) is 30.3 Å². The van der Waals surface area contributed by atoms with Gasteiger partial charge in [0.1, 0.15) is 12.7 Å². The second kappa shape index (κ2) is 6.31. The van der Waals surface area contributed by atoms with Crippen molar-refractivity contribution in [3.63, 3.8) is 0 Å². The molecule has 2 rings (SSSR count). The molecule has 0 atom stereocenters. The summed E-state index contributed by atoms with van der Waals surface area (Å²) in [5.41, 5.74) is -1.58. The average molecular weight is 305 g/mol. The summed E-state index contributed by atoms with van der Waals surface area (Å²) in [7, 11) is 0. The molecule has 22 heavy (non-hydrogen) atoms. The molecule has 0 unspecified atom stereocenters. The molecule has 0 aliphatic rings. The maximum Gasteiger partial charge on any atom is 0.417 e. The monoisotopic (exact) mass is 305 g/mol. The third-order valence-electron chi connectivity index (χ3n) is 2.91. The predicted octanol–water partition coefficient (Wildman–Crippen LogP) is 3.93. The van der Waals surface area contributed by atoms with Gasteiger partial charge in [0.2, 0.25) is 0 Å². The fraction of sp³-hybridized carbons (Fsp3) is 0.125. The van der Waals surface area contributed by atoms with Crippen LogP contribution in [0.3, 0.4) is 0 Å². The lowest BCUT2D eigenvalue weighted by Gasteiger charge is -2.11. The number of esters is 1. The first kappa shape index (κ1) is 15.6. The first-order chi connectivity index (χ1) is 10.4. The number of hydrogen-bond acceptors (Lipinski definition) is 3. The number of carbonyl (C=O) groups excluding carboxylic acids is 1. The van der Waals surface area contributed by atoms with Gasteiger partial charge < -0.3 is 4.74 Å². The van der Waals surface area contributed by atoms with Crippen LogP contribution in [0.25, 0.3) is 0 Å². The normalized spacial score (nSPS) is 10.8. The molecular formula is C16H10F3NO2. The minimum absolute atomic E-state index is 0.0826. The second-order valence-electron chi connectivity index (χ2n) is 4.40. The van der Waals surface area contributed by atoms with Crippen molar-refractivity contribution in [2.75, 3.05) is 0 Å². The van der Waals surface area contributed by atoms with Crippen molar-refractivity contribution in [1.82, 2.24) is 0 Å². The first-order valence-electron chi connectivity index (χ1n) is 6.25. The molecule has 0 aromatic heterocycles. The van der Waals surface area contributed by atoms with Gasteiger partial charge in [0.25, 0.3) is 0 Å². The highest BCUT2D eigenvalue weighted by Crippen LogP contribution is 2.33. The van der Waals surface area contributed by atoms with Gasteiger partial charge in [0.15, 0.2) is 0 Å².